The zero-order valence-corrected chi connectivity index (χ0v) is 12.0. The monoisotopic (exact) mass is 262 g/mol. The third kappa shape index (κ3) is 2.82. The summed E-state index contributed by atoms with van der Waals surface area (Å²) >= 11 is 1.61. The first-order valence-electron chi connectivity index (χ1n) is 6.01. The van der Waals surface area contributed by atoms with Crippen molar-refractivity contribution in [1.82, 2.24) is 4.98 Å². The summed E-state index contributed by atoms with van der Waals surface area (Å²) in [5, 5.41) is 6.05. The van der Waals surface area contributed by atoms with Gasteiger partial charge in [0.1, 0.15) is 5.75 Å². The largest absolute Gasteiger partial charge is 0.491 e. The lowest BCUT2D eigenvalue weighted by atomic mass is 10.1. The van der Waals surface area contributed by atoms with Crippen LogP contribution in [0.25, 0.3) is 11.3 Å². The summed E-state index contributed by atoms with van der Waals surface area (Å²) in [6.45, 7) is 6.13. The molecule has 1 aromatic carbocycles. The van der Waals surface area contributed by atoms with Crippen LogP contribution in [0.2, 0.25) is 0 Å². The molecule has 2 rings (SSSR count). The molecule has 0 radical (unpaired) electrons. The summed E-state index contributed by atoms with van der Waals surface area (Å²) in [7, 11) is 1.88. The Morgan fingerprint density at radius 1 is 1.33 bits per heavy atom. The van der Waals surface area contributed by atoms with Crippen molar-refractivity contribution >= 4 is 16.5 Å². The van der Waals surface area contributed by atoms with Gasteiger partial charge >= 0.3 is 0 Å². The Labute approximate surface area is 112 Å². The standard InChI is InChI=1S/C14H18N2OS/c1-9(2)17-13-6-5-11(7-10(13)3)12-8-18-14(15-4)16-12/h5-9H,1-4H3,(H,15,16). The Morgan fingerprint density at radius 2 is 2.11 bits per heavy atom. The summed E-state index contributed by atoms with van der Waals surface area (Å²) in [5.41, 5.74) is 3.27. The van der Waals surface area contributed by atoms with E-state index in [4.69, 9.17) is 4.74 Å². The summed E-state index contributed by atoms with van der Waals surface area (Å²) in [4.78, 5) is 4.50. The molecule has 0 fully saturated rings. The lowest BCUT2D eigenvalue weighted by Gasteiger charge is -2.12. The molecule has 18 heavy (non-hydrogen) atoms. The fourth-order valence-corrected chi connectivity index (χ4v) is 2.40. The SMILES string of the molecule is CNc1nc(-c2ccc(OC(C)C)c(C)c2)cs1. The predicted molar refractivity (Wildman–Crippen MR) is 77.6 cm³/mol. The van der Waals surface area contributed by atoms with Crippen LogP contribution in [-0.4, -0.2) is 18.1 Å². The highest BCUT2D eigenvalue weighted by Gasteiger charge is 2.07. The summed E-state index contributed by atoms with van der Waals surface area (Å²) < 4.78 is 5.73. The second-order valence-corrected chi connectivity index (χ2v) is 5.29. The van der Waals surface area contributed by atoms with E-state index in [2.05, 4.69) is 34.7 Å². The van der Waals surface area contributed by atoms with Gasteiger partial charge in [-0.2, -0.15) is 0 Å². The minimum absolute atomic E-state index is 0.199. The van der Waals surface area contributed by atoms with Crippen LogP contribution in [0, 0.1) is 6.92 Å². The van der Waals surface area contributed by atoms with Crippen LogP contribution in [0.5, 0.6) is 5.75 Å². The number of hydrogen-bond acceptors (Lipinski definition) is 4. The van der Waals surface area contributed by atoms with Gasteiger partial charge in [-0.15, -0.1) is 11.3 Å². The van der Waals surface area contributed by atoms with Gasteiger partial charge in [0.15, 0.2) is 5.13 Å². The van der Waals surface area contributed by atoms with E-state index in [1.165, 1.54) is 0 Å². The number of aromatic nitrogens is 1. The molecule has 0 aliphatic rings. The molecule has 0 aliphatic heterocycles. The minimum Gasteiger partial charge on any atom is -0.491 e. The Hall–Kier alpha value is -1.55. The van der Waals surface area contributed by atoms with Gasteiger partial charge in [-0.1, -0.05) is 0 Å². The van der Waals surface area contributed by atoms with E-state index in [9.17, 15) is 0 Å². The van der Waals surface area contributed by atoms with Crippen LogP contribution in [0.1, 0.15) is 19.4 Å². The maximum absolute atomic E-state index is 5.73. The van der Waals surface area contributed by atoms with Gasteiger partial charge in [0.2, 0.25) is 0 Å². The maximum Gasteiger partial charge on any atom is 0.182 e. The van der Waals surface area contributed by atoms with Gasteiger partial charge in [0, 0.05) is 18.0 Å². The van der Waals surface area contributed by atoms with Gasteiger partial charge in [-0.3, -0.25) is 0 Å². The van der Waals surface area contributed by atoms with Crippen LogP contribution in [-0.2, 0) is 0 Å². The second kappa shape index (κ2) is 5.40. The molecule has 1 aromatic heterocycles. The molecule has 3 nitrogen and oxygen atoms in total. The summed E-state index contributed by atoms with van der Waals surface area (Å²) in [5.74, 6) is 0.942. The van der Waals surface area contributed by atoms with Crippen molar-refractivity contribution in [3.05, 3.63) is 29.1 Å². The van der Waals surface area contributed by atoms with E-state index >= 15 is 0 Å². The first-order valence-corrected chi connectivity index (χ1v) is 6.89. The van der Waals surface area contributed by atoms with Crippen molar-refractivity contribution in [1.29, 1.82) is 0 Å². The molecule has 2 aromatic rings. The number of aryl methyl sites for hydroxylation is 1. The molecular weight excluding hydrogens is 244 g/mol. The number of rotatable bonds is 4. The van der Waals surface area contributed by atoms with E-state index < -0.39 is 0 Å². The van der Waals surface area contributed by atoms with Crippen molar-refractivity contribution in [2.75, 3.05) is 12.4 Å². The molecule has 0 unspecified atom stereocenters. The fraction of sp³-hybridized carbons (Fsp3) is 0.357. The Balaban J connectivity index is 2.28. The number of anilines is 1. The zero-order valence-electron chi connectivity index (χ0n) is 11.2. The Bertz CT molecular complexity index is 534. The van der Waals surface area contributed by atoms with Gasteiger partial charge in [0.25, 0.3) is 0 Å². The van der Waals surface area contributed by atoms with Crippen molar-refractivity contribution < 1.29 is 4.74 Å². The molecule has 96 valence electrons. The van der Waals surface area contributed by atoms with Crippen molar-refractivity contribution in [2.45, 2.75) is 26.9 Å². The highest BCUT2D eigenvalue weighted by molar-refractivity contribution is 7.14. The van der Waals surface area contributed by atoms with Crippen molar-refractivity contribution in [3.63, 3.8) is 0 Å². The van der Waals surface area contributed by atoms with E-state index in [-0.39, 0.29) is 6.10 Å². The average molecular weight is 262 g/mol. The lowest BCUT2D eigenvalue weighted by molar-refractivity contribution is 0.241. The second-order valence-electron chi connectivity index (χ2n) is 4.43. The third-order valence-corrected chi connectivity index (χ3v) is 3.41. The molecule has 0 saturated heterocycles. The Kier molecular flexibility index (Phi) is 3.87. The highest BCUT2D eigenvalue weighted by atomic mass is 32.1. The first-order chi connectivity index (χ1) is 8.60. The molecule has 0 spiro atoms. The summed E-state index contributed by atoms with van der Waals surface area (Å²) in [6, 6.07) is 6.19. The van der Waals surface area contributed by atoms with Gasteiger partial charge in [-0.05, 0) is 44.5 Å². The van der Waals surface area contributed by atoms with Crippen molar-refractivity contribution in [3.8, 4) is 17.0 Å². The minimum atomic E-state index is 0.199. The van der Waals surface area contributed by atoms with Crippen LogP contribution >= 0.6 is 11.3 Å². The number of ether oxygens (including phenoxy) is 1. The topological polar surface area (TPSA) is 34.2 Å². The van der Waals surface area contributed by atoms with E-state index in [0.717, 1.165) is 27.7 Å². The normalized spacial score (nSPS) is 10.7. The highest BCUT2D eigenvalue weighted by Crippen LogP contribution is 2.29. The third-order valence-electron chi connectivity index (χ3n) is 2.55. The van der Waals surface area contributed by atoms with Crippen LogP contribution in [0.3, 0.4) is 0 Å². The maximum atomic E-state index is 5.73. The summed E-state index contributed by atoms with van der Waals surface area (Å²) in [6.07, 6.45) is 0.199. The molecular formula is C14H18N2OS. The number of benzene rings is 1. The van der Waals surface area contributed by atoms with Crippen LogP contribution < -0.4 is 10.1 Å². The molecule has 0 amide bonds. The van der Waals surface area contributed by atoms with E-state index in [0.29, 0.717) is 0 Å². The molecule has 4 heteroatoms. The quantitative estimate of drug-likeness (QED) is 0.906. The number of hydrogen-bond donors (Lipinski definition) is 1. The van der Waals surface area contributed by atoms with Gasteiger partial charge in [0.05, 0.1) is 11.8 Å². The zero-order chi connectivity index (χ0) is 13.1. The fourth-order valence-electron chi connectivity index (χ4n) is 1.72. The predicted octanol–water partition coefficient (Wildman–Crippen LogP) is 3.95. The first kappa shape index (κ1) is 12.9. The van der Waals surface area contributed by atoms with Gasteiger partial charge in [-0.25, -0.2) is 4.98 Å². The molecule has 1 N–H and O–H groups in total. The Morgan fingerprint density at radius 3 is 2.67 bits per heavy atom. The van der Waals surface area contributed by atoms with E-state index in [1.807, 2.05) is 27.0 Å². The van der Waals surface area contributed by atoms with Gasteiger partial charge < -0.3 is 10.1 Å². The number of nitrogens with zero attached hydrogens (tertiary/aromatic N) is 1. The molecule has 1 heterocycles. The molecule has 0 saturated carbocycles. The molecule has 0 aliphatic carbocycles. The number of nitrogens with one attached hydrogen (secondary N) is 1. The smallest absolute Gasteiger partial charge is 0.182 e. The van der Waals surface area contributed by atoms with Crippen molar-refractivity contribution in [2.24, 2.45) is 0 Å². The lowest BCUT2D eigenvalue weighted by Crippen LogP contribution is -2.06. The van der Waals surface area contributed by atoms with E-state index in [1.54, 1.807) is 11.3 Å². The molecule has 0 atom stereocenters. The average Bonchev–Trinajstić information content (AvgIpc) is 2.80. The van der Waals surface area contributed by atoms with Crippen LogP contribution in [0.4, 0.5) is 5.13 Å². The van der Waals surface area contributed by atoms with Crippen LogP contribution in [0.15, 0.2) is 23.6 Å². The number of thiazole rings is 1. The molecule has 0 bridgehead atoms.